The van der Waals surface area contributed by atoms with E-state index in [9.17, 15) is 0 Å². The summed E-state index contributed by atoms with van der Waals surface area (Å²) in [5.41, 5.74) is 4.48. The monoisotopic (exact) mass is 242 g/mol. The summed E-state index contributed by atoms with van der Waals surface area (Å²) in [6.45, 7) is 4.66. The van der Waals surface area contributed by atoms with E-state index in [-0.39, 0.29) is 0 Å². The molecule has 0 aliphatic rings. The molecule has 0 unspecified atom stereocenters. The van der Waals surface area contributed by atoms with E-state index >= 15 is 0 Å². The largest absolute Gasteiger partial charge is 0.487 e. The standard InChI is InChI=1S/C15H18N2O/c1-11-4-5-15(8-12(11)2)18-10-14-9-13(16-3)6-7-17-14/h4-9H,10H2,1-3H3,(H,16,17). The van der Waals surface area contributed by atoms with Gasteiger partial charge in [-0.15, -0.1) is 0 Å². The second kappa shape index (κ2) is 5.54. The van der Waals surface area contributed by atoms with E-state index in [1.54, 1.807) is 6.20 Å². The van der Waals surface area contributed by atoms with E-state index in [0.29, 0.717) is 6.61 Å². The Hall–Kier alpha value is -2.03. The lowest BCUT2D eigenvalue weighted by molar-refractivity contribution is 0.301. The number of nitrogens with zero attached hydrogens (tertiary/aromatic N) is 1. The minimum Gasteiger partial charge on any atom is -0.487 e. The van der Waals surface area contributed by atoms with Gasteiger partial charge in [0.1, 0.15) is 12.4 Å². The van der Waals surface area contributed by atoms with Crippen LogP contribution in [0.25, 0.3) is 0 Å². The lowest BCUT2D eigenvalue weighted by Crippen LogP contribution is -2.00. The number of hydrogen-bond donors (Lipinski definition) is 1. The summed E-state index contributed by atoms with van der Waals surface area (Å²) < 4.78 is 5.74. The molecule has 1 heterocycles. The maximum atomic E-state index is 5.74. The van der Waals surface area contributed by atoms with Gasteiger partial charge in [-0.1, -0.05) is 6.07 Å². The summed E-state index contributed by atoms with van der Waals surface area (Å²) in [6, 6.07) is 10.0. The molecule has 1 aromatic carbocycles. The second-order valence-electron chi connectivity index (χ2n) is 4.32. The van der Waals surface area contributed by atoms with Crippen LogP contribution in [0.4, 0.5) is 5.69 Å². The molecule has 94 valence electrons. The molecule has 1 N–H and O–H groups in total. The average Bonchev–Trinajstić information content (AvgIpc) is 2.40. The Balaban J connectivity index is 2.04. The van der Waals surface area contributed by atoms with E-state index in [1.807, 2.05) is 25.2 Å². The quantitative estimate of drug-likeness (QED) is 0.893. The van der Waals surface area contributed by atoms with Crippen LogP contribution in [0.3, 0.4) is 0 Å². The first-order chi connectivity index (χ1) is 8.69. The molecule has 0 bridgehead atoms. The van der Waals surface area contributed by atoms with Crippen molar-refractivity contribution >= 4 is 5.69 Å². The van der Waals surface area contributed by atoms with Crippen LogP contribution >= 0.6 is 0 Å². The van der Waals surface area contributed by atoms with Crippen LogP contribution in [0.2, 0.25) is 0 Å². The highest BCUT2D eigenvalue weighted by Gasteiger charge is 2.00. The van der Waals surface area contributed by atoms with Gasteiger partial charge in [-0.3, -0.25) is 4.98 Å². The van der Waals surface area contributed by atoms with Crippen LogP contribution in [0.15, 0.2) is 36.5 Å². The van der Waals surface area contributed by atoms with E-state index < -0.39 is 0 Å². The molecule has 0 amide bonds. The highest BCUT2D eigenvalue weighted by Crippen LogP contribution is 2.18. The maximum absolute atomic E-state index is 5.74. The molecular weight excluding hydrogens is 224 g/mol. The van der Waals surface area contributed by atoms with Crippen molar-refractivity contribution in [3.05, 3.63) is 53.3 Å². The molecule has 1 aromatic heterocycles. The summed E-state index contributed by atoms with van der Waals surface area (Å²) >= 11 is 0. The summed E-state index contributed by atoms with van der Waals surface area (Å²) in [5, 5.41) is 3.09. The van der Waals surface area contributed by atoms with Crippen molar-refractivity contribution in [1.82, 2.24) is 4.98 Å². The number of rotatable bonds is 4. The fraction of sp³-hybridized carbons (Fsp3) is 0.267. The molecule has 0 atom stereocenters. The Morgan fingerprint density at radius 1 is 1.11 bits per heavy atom. The number of aryl methyl sites for hydroxylation is 2. The van der Waals surface area contributed by atoms with Gasteiger partial charge in [0, 0.05) is 18.9 Å². The number of aromatic nitrogens is 1. The van der Waals surface area contributed by atoms with Crippen molar-refractivity contribution < 1.29 is 4.74 Å². The van der Waals surface area contributed by atoms with Gasteiger partial charge in [0.25, 0.3) is 0 Å². The normalized spacial score (nSPS) is 10.2. The maximum Gasteiger partial charge on any atom is 0.130 e. The Kier molecular flexibility index (Phi) is 3.82. The van der Waals surface area contributed by atoms with Crippen LogP contribution in [-0.2, 0) is 6.61 Å². The first-order valence-electron chi connectivity index (χ1n) is 6.02. The van der Waals surface area contributed by atoms with Gasteiger partial charge in [-0.05, 0) is 49.2 Å². The van der Waals surface area contributed by atoms with Crippen molar-refractivity contribution in [3.63, 3.8) is 0 Å². The third-order valence-corrected chi connectivity index (χ3v) is 2.97. The summed E-state index contributed by atoms with van der Waals surface area (Å²) in [4.78, 5) is 4.28. The molecule has 3 nitrogen and oxygen atoms in total. The van der Waals surface area contributed by atoms with Gasteiger partial charge in [-0.2, -0.15) is 0 Å². The number of hydrogen-bond acceptors (Lipinski definition) is 3. The predicted molar refractivity (Wildman–Crippen MR) is 74.0 cm³/mol. The molecule has 0 radical (unpaired) electrons. The Labute approximate surface area is 108 Å². The Morgan fingerprint density at radius 2 is 1.94 bits per heavy atom. The smallest absolute Gasteiger partial charge is 0.130 e. The number of benzene rings is 1. The highest BCUT2D eigenvalue weighted by atomic mass is 16.5. The predicted octanol–water partition coefficient (Wildman–Crippen LogP) is 3.32. The van der Waals surface area contributed by atoms with Crippen molar-refractivity contribution in [1.29, 1.82) is 0 Å². The fourth-order valence-corrected chi connectivity index (χ4v) is 1.67. The summed E-state index contributed by atoms with van der Waals surface area (Å²) in [5.74, 6) is 0.884. The van der Waals surface area contributed by atoms with Crippen molar-refractivity contribution in [2.75, 3.05) is 12.4 Å². The molecule has 18 heavy (non-hydrogen) atoms. The van der Waals surface area contributed by atoms with Gasteiger partial charge in [0.2, 0.25) is 0 Å². The van der Waals surface area contributed by atoms with Gasteiger partial charge in [0.05, 0.1) is 5.69 Å². The van der Waals surface area contributed by atoms with Crippen LogP contribution in [0.5, 0.6) is 5.75 Å². The third kappa shape index (κ3) is 3.00. The Morgan fingerprint density at radius 3 is 2.67 bits per heavy atom. The van der Waals surface area contributed by atoms with Crippen LogP contribution in [0.1, 0.15) is 16.8 Å². The zero-order valence-electron chi connectivity index (χ0n) is 11.0. The van der Waals surface area contributed by atoms with Gasteiger partial charge < -0.3 is 10.1 Å². The first kappa shape index (κ1) is 12.4. The third-order valence-electron chi connectivity index (χ3n) is 2.97. The molecule has 2 rings (SSSR count). The molecule has 3 heteroatoms. The number of ether oxygens (including phenoxy) is 1. The van der Waals surface area contributed by atoms with E-state index in [2.05, 4.69) is 36.3 Å². The fourth-order valence-electron chi connectivity index (χ4n) is 1.67. The Bertz CT molecular complexity index is 538. The van der Waals surface area contributed by atoms with Crippen LogP contribution < -0.4 is 10.1 Å². The number of anilines is 1. The minimum absolute atomic E-state index is 0.484. The SMILES string of the molecule is CNc1ccnc(COc2ccc(C)c(C)c2)c1. The summed E-state index contributed by atoms with van der Waals surface area (Å²) in [7, 11) is 1.89. The molecule has 0 aliphatic heterocycles. The second-order valence-corrected chi connectivity index (χ2v) is 4.32. The number of pyridine rings is 1. The lowest BCUT2D eigenvalue weighted by Gasteiger charge is -2.08. The number of nitrogens with one attached hydrogen (secondary N) is 1. The van der Waals surface area contributed by atoms with Crippen molar-refractivity contribution in [3.8, 4) is 5.75 Å². The molecule has 2 aromatic rings. The molecular formula is C15H18N2O. The van der Waals surface area contributed by atoms with E-state index in [0.717, 1.165) is 17.1 Å². The van der Waals surface area contributed by atoms with E-state index in [1.165, 1.54) is 11.1 Å². The van der Waals surface area contributed by atoms with Gasteiger partial charge in [0.15, 0.2) is 0 Å². The highest BCUT2D eigenvalue weighted by molar-refractivity contribution is 5.42. The topological polar surface area (TPSA) is 34.2 Å². The lowest BCUT2D eigenvalue weighted by atomic mass is 10.1. The van der Waals surface area contributed by atoms with E-state index in [4.69, 9.17) is 4.74 Å². The summed E-state index contributed by atoms with van der Waals surface area (Å²) in [6.07, 6.45) is 1.78. The van der Waals surface area contributed by atoms with Crippen molar-refractivity contribution in [2.24, 2.45) is 0 Å². The average molecular weight is 242 g/mol. The van der Waals surface area contributed by atoms with Crippen molar-refractivity contribution in [2.45, 2.75) is 20.5 Å². The van der Waals surface area contributed by atoms with Crippen LogP contribution in [-0.4, -0.2) is 12.0 Å². The minimum atomic E-state index is 0.484. The molecule has 0 aliphatic carbocycles. The zero-order chi connectivity index (χ0) is 13.0. The van der Waals surface area contributed by atoms with Gasteiger partial charge in [-0.25, -0.2) is 0 Å². The molecule has 0 saturated carbocycles. The zero-order valence-corrected chi connectivity index (χ0v) is 11.0. The molecule has 0 fully saturated rings. The van der Waals surface area contributed by atoms with Gasteiger partial charge >= 0.3 is 0 Å². The van der Waals surface area contributed by atoms with Crippen LogP contribution in [0, 0.1) is 13.8 Å². The first-order valence-corrected chi connectivity index (χ1v) is 6.02. The molecule has 0 spiro atoms. The molecule has 0 saturated heterocycles.